The van der Waals surface area contributed by atoms with Crippen LogP contribution >= 0.6 is 0 Å². The Morgan fingerprint density at radius 2 is 2.29 bits per heavy atom. The zero-order chi connectivity index (χ0) is 10.6. The van der Waals surface area contributed by atoms with Gasteiger partial charge in [-0.1, -0.05) is 0 Å². The van der Waals surface area contributed by atoms with Gasteiger partial charge in [-0.05, 0) is 25.5 Å². The maximum absolute atomic E-state index is 13.1. The number of hydrogen-bond acceptors (Lipinski definition) is 3. The van der Waals surface area contributed by atoms with Crippen LogP contribution in [0, 0.1) is 12.7 Å². The normalized spacial score (nSPS) is 12.4. The van der Waals surface area contributed by atoms with Gasteiger partial charge in [-0.3, -0.25) is 9.98 Å². The van der Waals surface area contributed by atoms with Crippen LogP contribution in [0.15, 0.2) is 29.2 Å². The third-order valence-electron chi connectivity index (χ3n) is 1.60. The topological polar surface area (TPSA) is 51.3 Å². The second-order valence-electron chi connectivity index (χ2n) is 2.98. The minimum atomic E-state index is -0.427. The van der Waals surface area contributed by atoms with E-state index in [9.17, 15) is 4.39 Å². The van der Waals surface area contributed by atoms with Gasteiger partial charge in [0.1, 0.15) is 5.69 Å². The fourth-order valence-electron chi connectivity index (χ4n) is 0.918. The number of nitrogens with zero attached hydrogens (tertiary/aromatic N) is 2. The Hall–Kier alpha value is -1.71. The van der Waals surface area contributed by atoms with Crippen molar-refractivity contribution in [3.63, 3.8) is 0 Å². The molecule has 1 aromatic heterocycles. The molecule has 0 saturated carbocycles. The zero-order valence-corrected chi connectivity index (χ0v) is 8.16. The highest BCUT2D eigenvalue weighted by molar-refractivity contribution is 5.75. The number of hydrogen-bond donors (Lipinski definition) is 1. The molecule has 0 aliphatic rings. The average Bonchev–Trinajstić information content (AvgIpc) is 2.09. The second-order valence-corrected chi connectivity index (χ2v) is 2.98. The van der Waals surface area contributed by atoms with E-state index in [4.69, 9.17) is 5.73 Å². The predicted molar refractivity (Wildman–Crippen MR) is 55.0 cm³/mol. The van der Waals surface area contributed by atoms with E-state index in [1.165, 1.54) is 6.21 Å². The molecule has 0 saturated heterocycles. The van der Waals surface area contributed by atoms with Crippen LogP contribution in [0.4, 0.5) is 10.1 Å². The first-order chi connectivity index (χ1) is 6.61. The molecule has 0 aromatic carbocycles. The highest BCUT2D eigenvalue weighted by Gasteiger charge is 2.02. The van der Waals surface area contributed by atoms with Crippen LogP contribution in [0.2, 0.25) is 0 Å². The van der Waals surface area contributed by atoms with Crippen LogP contribution in [0.25, 0.3) is 0 Å². The molecule has 0 atom stereocenters. The van der Waals surface area contributed by atoms with Crippen LogP contribution in [-0.2, 0) is 0 Å². The van der Waals surface area contributed by atoms with Crippen molar-refractivity contribution >= 4 is 11.9 Å². The molecule has 0 unspecified atom stereocenters. The van der Waals surface area contributed by atoms with Crippen LogP contribution < -0.4 is 5.73 Å². The van der Waals surface area contributed by atoms with Gasteiger partial charge >= 0.3 is 0 Å². The lowest BCUT2D eigenvalue weighted by Crippen LogP contribution is -1.90. The second kappa shape index (κ2) is 4.50. The molecule has 4 heteroatoms. The molecule has 1 heterocycles. The standard InChI is InChI=1S/C10H12FN3/c1-7-5-13-6-9(11)10(7)14-4-3-8(2)12/h3-6H,12H2,1-2H3. The smallest absolute Gasteiger partial charge is 0.167 e. The molecular formula is C10H12FN3. The van der Waals surface area contributed by atoms with Gasteiger partial charge in [0.2, 0.25) is 0 Å². The molecular weight excluding hydrogens is 181 g/mol. The van der Waals surface area contributed by atoms with E-state index < -0.39 is 5.82 Å². The number of aryl methyl sites for hydroxylation is 1. The first kappa shape index (κ1) is 10.4. The fraction of sp³-hybridized carbons (Fsp3) is 0.200. The molecule has 14 heavy (non-hydrogen) atoms. The minimum Gasteiger partial charge on any atom is -0.402 e. The van der Waals surface area contributed by atoms with Gasteiger partial charge in [-0.15, -0.1) is 0 Å². The van der Waals surface area contributed by atoms with Crippen LogP contribution in [0.5, 0.6) is 0 Å². The van der Waals surface area contributed by atoms with E-state index in [1.54, 1.807) is 26.1 Å². The summed E-state index contributed by atoms with van der Waals surface area (Å²) in [4.78, 5) is 7.65. The fourth-order valence-corrected chi connectivity index (χ4v) is 0.918. The summed E-state index contributed by atoms with van der Waals surface area (Å²) in [5, 5.41) is 0. The summed E-state index contributed by atoms with van der Waals surface area (Å²) in [5.41, 5.74) is 7.02. The lowest BCUT2D eigenvalue weighted by atomic mass is 10.2. The maximum atomic E-state index is 13.1. The van der Waals surface area contributed by atoms with Gasteiger partial charge in [-0.25, -0.2) is 4.39 Å². The summed E-state index contributed by atoms with van der Waals surface area (Å²) >= 11 is 0. The van der Waals surface area contributed by atoms with Crippen molar-refractivity contribution in [1.82, 2.24) is 4.98 Å². The van der Waals surface area contributed by atoms with Gasteiger partial charge in [-0.2, -0.15) is 0 Å². The number of halogens is 1. The summed E-state index contributed by atoms with van der Waals surface area (Å²) in [6.45, 7) is 3.49. The van der Waals surface area contributed by atoms with Crippen molar-refractivity contribution in [3.8, 4) is 0 Å². The molecule has 0 amide bonds. The average molecular weight is 193 g/mol. The van der Waals surface area contributed by atoms with Crippen LogP contribution in [0.1, 0.15) is 12.5 Å². The van der Waals surface area contributed by atoms with Crippen LogP contribution in [0.3, 0.4) is 0 Å². The maximum Gasteiger partial charge on any atom is 0.167 e. The summed E-state index contributed by atoms with van der Waals surface area (Å²) in [5.74, 6) is -0.427. The molecule has 0 bridgehead atoms. The molecule has 1 rings (SSSR count). The Labute approximate surface area is 82.2 Å². The quantitative estimate of drug-likeness (QED) is 0.731. The molecule has 74 valence electrons. The molecule has 0 fully saturated rings. The predicted octanol–water partition coefficient (Wildman–Crippen LogP) is 2.09. The van der Waals surface area contributed by atoms with E-state index >= 15 is 0 Å². The summed E-state index contributed by atoms with van der Waals surface area (Å²) in [6, 6.07) is 0. The zero-order valence-electron chi connectivity index (χ0n) is 8.16. The van der Waals surface area contributed by atoms with Crippen LogP contribution in [-0.4, -0.2) is 11.2 Å². The van der Waals surface area contributed by atoms with Crippen molar-refractivity contribution in [2.45, 2.75) is 13.8 Å². The van der Waals surface area contributed by atoms with Gasteiger partial charge in [0, 0.05) is 18.1 Å². The van der Waals surface area contributed by atoms with E-state index in [0.29, 0.717) is 16.9 Å². The SMILES string of the molecule is CC(N)=CC=Nc1c(C)cncc1F. The van der Waals surface area contributed by atoms with Gasteiger partial charge in [0.05, 0.1) is 6.20 Å². The van der Waals surface area contributed by atoms with Gasteiger partial charge in [0.25, 0.3) is 0 Å². The number of pyridine rings is 1. The van der Waals surface area contributed by atoms with Gasteiger partial charge < -0.3 is 5.73 Å². The molecule has 0 aliphatic heterocycles. The Balaban J connectivity index is 2.97. The van der Waals surface area contributed by atoms with Crippen molar-refractivity contribution < 1.29 is 4.39 Å². The van der Waals surface area contributed by atoms with E-state index in [2.05, 4.69) is 9.98 Å². The monoisotopic (exact) mass is 193 g/mol. The van der Waals surface area contributed by atoms with E-state index in [0.717, 1.165) is 6.20 Å². The molecule has 2 N–H and O–H groups in total. The highest BCUT2D eigenvalue weighted by Crippen LogP contribution is 2.20. The first-order valence-electron chi connectivity index (χ1n) is 4.18. The summed E-state index contributed by atoms with van der Waals surface area (Å²) in [7, 11) is 0. The van der Waals surface area contributed by atoms with Crippen molar-refractivity contribution in [1.29, 1.82) is 0 Å². The number of nitrogens with two attached hydrogens (primary N) is 1. The number of allylic oxidation sites excluding steroid dienone is 2. The van der Waals surface area contributed by atoms with Gasteiger partial charge in [0.15, 0.2) is 5.82 Å². The van der Waals surface area contributed by atoms with E-state index in [-0.39, 0.29) is 0 Å². The Kier molecular flexibility index (Phi) is 3.34. The number of rotatable bonds is 2. The first-order valence-corrected chi connectivity index (χ1v) is 4.18. The summed E-state index contributed by atoms with van der Waals surface area (Å²) in [6.07, 6.45) is 5.79. The van der Waals surface area contributed by atoms with Crippen molar-refractivity contribution in [2.75, 3.05) is 0 Å². The van der Waals surface area contributed by atoms with Crippen molar-refractivity contribution in [3.05, 3.63) is 35.5 Å². The van der Waals surface area contributed by atoms with E-state index in [1.807, 2.05) is 0 Å². The largest absolute Gasteiger partial charge is 0.402 e. The number of aromatic nitrogens is 1. The summed E-state index contributed by atoms with van der Waals surface area (Å²) < 4.78 is 13.1. The minimum absolute atomic E-state index is 0.303. The molecule has 1 aromatic rings. The third-order valence-corrected chi connectivity index (χ3v) is 1.60. The van der Waals surface area contributed by atoms with Crippen molar-refractivity contribution in [2.24, 2.45) is 10.7 Å². The Morgan fingerprint density at radius 3 is 2.86 bits per heavy atom. The molecule has 0 spiro atoms. The third kappa shape index (κ3) is 2.65. The number of aliphatic imine (C=N–C) groups is 1. The Morgan fingerprint density at radius 1 is 1.57 bits per heavy atom. The lowest BCUT2D eigenvalue weighted by Gasteiger charge is -1.98. The molecule has 3 nitrogen and oxygen atoms in total. The lowest BCUT2D eigenvalue weighted by molar-refractivity contribution is 0.622. The molecule has 0 radical (unpaired) electrons. The Bertz CT molecular complexity index is 359. The highest BCUT2D eigenvalue weighted by atomic mass is 19.1. The molecule has 0 aliphatic carbocycles.